The van der Waals surface area contributed by atoms with E-state index in [9.17, 15) is 4.21 Å². The SMILES string of the molecule is NCC1CCCCC1S(=O)Cc1ccccc1. The van der Waals surface area contributed by atoms with Crippen LogP contribution in [0, 0.1) is 5.92 Å². The van der Waals surface area contributed by atoms with Crippen molar-refractivity contribution in [2.24, 2.45) is 11.7 Å². The normalized spacial score (nSPS) is 26.6. The molecule has 0 radical (unpaired) electrons. The van der Waals surface area contributed by atoms with Crippen molar-refractivity contribution in [2.45, 2.75) is 36.7 Å². The number of nitrogens with two attached hydrogens (primary N) is 1. The first-order chi connectivity index (χ1) is 8.31. The smallest absolute Gasteiger partial charge is 0.0488 e. The predicted molar refractivity (Wildman–Crippen MR) is 73.1 cm³/mol. The van der Waals surface area contributed by atoms with E-state index < -0.39 is 10.8 Å². The fraction of sp³-hybridized carbons (Fsp3) is 0.571. The van der Waals surface area contributed by atoms with Gasteiger partial charge in [-0.15, -0.1) is 0 Å². The maximum Gasteiger partial charge on any atom is 0.0488 e. The van der Waals surface area contributed by atoms with E-state index in [4.69, 9.17) is 5.73 Å². The van der Waals surface area contributed by atoms with E-state index in [0.717, 1.165) is 12.8 Å². The Morgan fingerprint density at radius 2 is 1.88 bits per heavy atom. The highest BCUT2D eigenvalue weighted by Crippen LogP contribution is 2.28. The molecule has 0 saturated heterocycles. The Hall–Kier alpha value is -0.670. The van der Waals surface area contributed by atoms with E-state index in [0.29, 0.717) is 23.5 Å². The molecule has 1 fully saturated rings. The van der Waals surface area contributed by atoms with Gasteiger partial charge in [-0.2, -0.15) is 0 Å². The van der Waals surface area contributed by atoms with Crippen molar-refractivity contribution < 1.29 is 4.21 Å². The highest BCUT2D eigenvalue weighted by molar-refractivity contribution is 7.84. The zero-order valence-corrected chi connectivity index (χ0v) is 11.0. The minimum atomic E-state index is -0.767. The van der Waals surface area contributed by atoms with Gasteiger partial charge in [0.25, 0.3) is 0 Å². The van der Waals surface area contributed by atoms with Crippen LogP contribution in [0.25, 0.3) is 0 Å². The minimum absolute atomic E-state index is 0.314. The van der Waals surface area contributed by atoms with Crippen LogP contribution < -0.4 is 5.73 Å². The van der Waals surface area contributed by atoms with Gasteiger partial charge in [-0.25, -0.2) is 0 Å². The van der Waals surface area contributed by atoms with E-state index >= 15 is 0 Å². The second-order valence-corrected chi connectivity index (χ2v) is 6.49. The molecule has 3 heteroatoms. The van der Waals surface area contributed by atoms with Crippen LogP contribution in [-0.4, -0.2) is 16.0 Å². The molecule has 1 aliphatic carbocycles. The summed E-state index contributed by atoms with van der Waals surface area (Å²) in [6.45, 7) is 0.686. The molecule has 94 valence electrons. The second kappa shape index (κ2) is 6.31. The van der Waals surface area contributed by atoms with Crippen molar-refractivity contribution in [3.05, 3.63) is 35.9 Å². The summed E-state index contributed by atoms with van der Waals surface area (Å²) in [5.41, 5.74) is 6.96. The molecule has 3 atom stereocenters. The lowest BCUT2D eigenvalue weighted by Crippen LogP contribution is -2.34. The van der Waals surface area contributed by atoms with Gasteiger partial charge in [0.15, 0.2) is 0 Å². The number of hydrogen-bond donors (Lipinski definition) is 1. The van der Waals surface area contributed by atoms with Gasteiger partial charge in [-0.3, -0.25) is 4.21 Å². The Kier molecular flexibility index (Phi) is 4.75. The summed E-state index contributed by atoms with van der Waals surface area (Å²) in [7, 11) is -0.767. The zero-order valence-electron chi connectivity index (χ0n) is 10.2. The van der Waals surface area contributed by atoms with E-state index in [-0.39, 0.29) is 0 Å². The van der Waals surface area contributed by atoms with Gasteiger partial charge < -0.3 is 5.73 Å². The highest BCUT2D eigenvalue weighted by Gasteiger charge is 2.28. The van der Waals surface area contributed by atoms with Gasteiger partial charge in [0.1, 0.15) is 0 Å². The molecule has 0 spiro atoms. The molecule has 0 bridgehead atoms. The Labute approximate surface area is 106 Å². The van der Waals surface area contributed by atoms with Crippen molar-refractivity contribution in [2.75, 3.05) is 6.54 Å². The number of hydrogen-bond acceptors (Lipinski definition) is 2. The van der Waals surface area contributed by atoms with Crippen molar-refractivity contribution in [1.82, 2.24) is 0 Å². The molecule has 2 N–H and O–H groups in total. The molecule has 3 unspecified atom stereocenters. The van der Waals surface area contributed by atoms with Gasteiger partial charge in [0.2, 0.25) is 0 Å². The standard InChI is InChI=1S/C14H21NOS/c15-10-13-8-4-5-9-14(13)17(16)11-12-6-2-1-3-7-12/h1-3,6-7,13-14H,4-5,8-11,15H2. The molecule has 1 saturated carbocycles. The van der Waals surface area contributed by atoms with Crippen LogP contribution in [0.4, 0.5) is 0 Å². The summed E-state index contributed by atoms with van der Waals surface area (Å²) < 4.78 is 12.4. The molecule has 0 aliphatic heterocycles. The second-order valence-electron chi connectivity index (χ2n) is 4.83. The first-order valence-electron chi connectivity index (χ1n) is 6.42. The lowest BCUT2D eigenvalue weighted by atomic mass is 9.89. The van der Waals surface area contributed by atoms with E-state index in [1.807, 2.05) is 18.2 Å². The summed E-state index contributed by atoms with van der Waals surface area (Å²) in [5, 5.41) is 0.314. The van der Waals surface area contributed by atoms with E-state index in [1.54, 1.807) is 0 Å². The number of benzene rings is 1. The quantitative estimate of drug-likeness (QED) is 0.893. The van der Waals surface area contributed by atoms with Gasteiger partial charge in [0.05, 0.1) is 0 Å². The number of rotatable bonds is 4. The van der Waals surface area contributed by atoms with Crippen LogP contribution in [0.3, 0.4) is 0 Å². The summed E-state index contributed by atoms with van der Waals surface area (Å²) >= 11 is 0. The molecule has 1 aromatic rings. The molecule has 1 aliphatic rings. The molecule has 2 rings (SSSR count). The molecule has 1 aromatic carbocycles. The first kappa shape index (κ1) is 12.8. The molecule has 17 heavy (non-hydrogen) atoms. The average Bonchev–Trinajstić information content (AvgIpc) is 2.40. The van der Waals surface area contributed by atoms with Crippen molar-refractivity contribution in [1.29, 1.82) is 0 Å². The first-order valence-corrected chi connectivity index (χ1v) is 7.80. The molecular formula is C14H21NOS. The Morgan fingerprint density at radius 3 is 2.59 bits per heavy atom. The average molecular weight is 251 g/mol. The Bertz CT molecular complexity index is 366. The van der Waals surface area contributed by atoms with Gasteiger partial charge >= 0.3 is 0 Å². The fourth-order valence-electron chi connectivity index (χ4n) is 2.63. The van der Waals surface area contributed by atoms with Crippen molar-refractivity contribution in [3.8, 4) is 0 Å². The summed E-state index contributed by atoms with van der Waals surface area (Å²) in [6, 6.07) is 10.1. The van der Waals surface area contributed by atoms with Gasteiger partial charge in [-0.1, -0.05) is 43.2 Å². The molecule has 0 amide bonds. The maximum atomic E-state index is 12.4. The zero-order chi connectivity index (χ0) is 12.1. The monoisotopic (exact) mass is 251 g/mol. The van der Waals surface area contributed by atoms with E-state index in [1.165, 1.54) is 18.4 Å². The van der Waals surface area contributed by atoms with Crippen LogP contribution in [0.2, 0.25) is 0 Å². The van der Waals surface area contributed by atoms with Crippen molar-refractivity contribution >= 4 is 10.8 Å². The van der Waals surface area contributed by atoms with Crippen LogP contribution in [0.15, 0.2) is 30.3 Å². The van der Waals surface area contributed by atoms with Crippen LogP contribution in [0.5, 0.6) is 0 Å². The van der Waals surface area contributed by atoms with Crippen LogP contribution in [0.1, 0.15) is 31.2 Å². The van der Waals surface area contributed by atoms with Gasteiger partial charge in [-0.05, 0) is 30.9 Å². The van der Waals surface area contributed by atoms with Crippen LogP contribution in [-0.2, 0) is 16.6 Å². The minimum Gasteiger partial charge on any atom is -0.330 e. The third-order valence-corrected chi connectivity index (χ3v) is 5.55. The summed E-state index contributed by atoms with van der Waals surface area (Å²) in [4.78, 5) is 0. The molecule has 0 heterocycles. The summed E-state index contributed by atoms with van der Waals surface area (Å²) in [6.07, 6.45) is 4.70. The maximum absolute atomic E-state index is 12.4. The topological polar surface area (TPSA) is 43.1 Å². The Morgan fingerprint density at radius 1 is 1.18 bits per heavy atom. The lowest BCUT2D eigenvalue weighted by Gasteiger charge is -2.29. The summed E-state index contributed by atoms with van der Waals surface area (Å²) in [5.74, 6) is 1.15. The third-order valence-electron chi connectivity index (χ3n) is 3.63. The third kappa shape index (κ3) is 3.39. The predicted octanol–water partition coefficient (Wildman–Crippen LogP) is 2.45. The fourth-order valence-corrected chi connectivity index (χ4v) is 4.48. The van der Waals surface area contributed by atoms with Gasteiger partial charge in [0, 0.05) is 21.8 Å². The highest BCUT2D eigenvalue weighted by atomic mass is 32.2. The molecule has 2 nitrogen and oxygen atoms in total. The van der Waals surface area contributed by atoms with Crippen LogP contribution >= 0.6 is 0 Å². The lowest BCUT2D eigenvalue weighted by molar-refractivity contribution is 0.372. The molecular weight excluding hydrogens is 230 g/mol. The molecule has 0 aromatic heterocycles. The Balaban J connectivity index is 1.99. The largest absolute Gasteiger partial charge is 0.330 e. The van der Waals surface area contributed by atoms with E-state index in [2.05, 4.69) is 12.1 Å². The van der Waals surface area contributed by atoms with Crippen molar-refractivity contribution in [3.63, 3.8) is 0 Å².